The van der Waals surface area contributed by atoms with Gasteiger partial charge in [-0.2, -0.15) is 0 Å². The van der Waals surface area contributed by atoms with Crippen molar-refractivity contribution in [3.8, 4) is 0 Å². The van der Waals surface area contributed by atoms with Crippen LogP contribution in [0.5, 0.6) is 0 Å². The normalized spacial score (nSPS) is 13.2. The third kappa shape index (κ3) is 1.36. The number of carbonyl (C=O) groups is 1. The van der Waals surface area contributed by atoms with Gasteiger partial charge in [0.2, 0.25) is 0 Å². The molecule has 2 aromatic carbocycles. The predicted octanol–water partition coefficient (Wildman–Crippen LogP) is 3.48. The van der Waals surface area contributed by atoms with E-state index in [-0.39, 0.29) is 5.78 Å². The van der Waals surface area contributed by atoms with Crippen LogP contribution in [-0.4, -0.2) is 5.78 Å². The molecule has 0 saturated heterocycles. The van der Waals surface area contributed by atoms with Crippen LogP contribution in [0.1, 0.15) is 27.0 Å². The van der Waals surface area contributed by atoms with Crippen LogP contribution in [0.3, 0.4) is 0 Å². The van der Waals surface area contributed by atoms with E-state index in [1.807, 2.05) is 36.4 Å². The Morgan fingerprint density at radius 3 is 2.56 bits per heavy atom. The first-order valence-electron chi connectivity index (χ1n) is 5.17. The summed E-state index contributed by atoms with van der Waals surface area (Å²) in [5.41, 5.74) is 3.71. The molecule has 0 spiro atoms. The van der Waals surface area contributed by atoms with E-state index in [4.69, 9.17) is 11.6 Å². The minimum atomic E-state index is 0.105. The molecule has 0 fully saturated rings. The van der Waals surface area contributed by atoms with E-state index >= 15 is 0 Å². The molecule has 0 atom stereocenters. The smallest absolute Gasteiger partial charge is 0.193 e. The Morgan fingerprint density at radius 2 is 1.69 bits per heavy atom. The summed E-state index contributed by atoms with van der Waals surface area (Å²) in [5, 5.41) is 0.686. The maximum Gasteiger partial charge on any atom is 0.193 e. The number of hydrogen-bond donors (Lipinski definition) is 0. The number of carbonyl (C=O) groups excluding carboxylic acids is 1. The first-order valence-corrected chi connectivity index (χ1v) is 5.54. The summed E-state index contributed by atoms with van der Waals surface area (Å²) >= 11 is 5.94. The van der Waals surface area contributed by atoms with Gasteiger partial charge in [0.25, 0.3) is 0 Å². The van der Waals surface area contributed by atoms with E-state index in [0.717, 1.165) is 28.7 Å². The molecule has 1 nitrogen and oxygen atoms in total. The highest BCUT2D eigenvalue weighted by Crippen LogP contribution is 2.28. The van der Waals surface area contributed by atoms with Crippen LogP contribution < -0.4 is 0 Å². The zero-order valence-electron chi connectivity index (χ0n) is 8.53. The lowest BCUT2D eigenvalue weighted by Gasteiger charge is -2.18. The zero-order valence-corrected chi connectivity index (χ0v) is 9.29. The van der Waals surface area contributed by atoms with Gasteiger partial charge in [0.1, 0.15) is 0 Å². The van der Waals surface area contributed by atoms with Gasteiger partial charge in [-0.1, -0.05) is 35.9 Å². The van der Waals surface area contributed by atoms with Crippen LogP contribution >= 0.6 is 11.6 Å². The first kappa shape index (κ1) is 9.61. The number of benzene rings is 2. The summed E-state index contributed by atoms with van der Waals surface area (Å²) in [6.45, 7) is 0. The fraction of sp³-hybridized carbons (Fsp3) is 0.0714. The molecule has 0 aliphatic heterocycles. The van der Waals surface area contributed by atoms with E-state index < -0.39 is 0 Å². The van der Waals surface area contributed by atoms with Crippen LogP contribution in [0.2, 0.25) is 5.02 Å². The molecule has 0 aromatic heterocycles. The summed E-state index contributed by atoms with van der Waals surface area (Å²) in [5.74, 6) is 0.105. The van der Waals surface area contributed by atoms with Gasteiger partial charge in [-0.15, -0.1) is 0 Å². The largest absolute Gasteiger partial charge is 0.289 e. The molecule has 1 aliphatic carbocycles. The van der Waals surface area contributed by atoms with Gasteiger partial charge in [0, 0.05) is 16.1 Å². The lowest BCUT2D eigenvalue weighted by atomic mass is 9.85. The summed E-state index contributed by atoms with van der Waals surface area (Å²) < 4.78 is 0. The monoisotopic (exact) mass is 228 g/mol. The number of rotatable bonds is 0. The van der Waals surface area contributed by atoms with Crippen molar-refractivity contribution < 1.29 is 4.79 Å². The van der Waals surface area contributed by atoms with E-state index in [0.29, 0.717) is 5.02 Å². The number of ketones is 1. The van der Waals surface area contributed by atoms with Crippen molar-refractivity contribution in [2.45, 2.75) is 6.42 Å². The van der Waals surface area contributed by atoms with Gasteiger partial charge in [-0.3, -0.25) is 4.79 Å². The van der Waals surface area contributed by atoms with Gasteiger partial charge in [-0.05, 0) is 35.7 Å². The Hall–Kier alpha value is -1.60. The second-order valence-corrected chi connectivity index (χ2v) is 4.40. The molecule has 0 heterocycles. The van der Waals surface area contributed by atoms with E-state index in [1.165, 1.54) is 0 Å². The molecule has 0 amide bonds. The quantitative estimate of drug-likeness (QED) is 0.576. The third-order valence-corrected chi connectivity index (χ3v) is 3.19. The Labute approximate surface area is 98.7 Å². The highest BCUT2D eigenvalue weighted by Gasteiger charge is 2.22. The van der Waals surface area contributed by atoms with Crippen molar-refractivity contribution >= 4 is 17.4 Å². The molecule has 16 heavy (non-hydrogen) atoms. The van der Waals surface area contributed by atoms with Gasteiger partial charge in [0.05, 0.1) is 0 Å². The van der Waals surface area contributed by atoms with E-state index in [2.05, 4.69) is 0 Å². The lowest BCUT2D eigenvalue weighted by Crippen LogP contribution is -2.14. The van der Waals surface area contributed by atoms with Crippen LogP contribution in [0.4, 0.5) is 0 Å². The van der Waals surface area contributed by atoms with Crippen molar-refractivity contribution in [3.63, 3.8) is 0 Å². The second-order valence-electron chi connectivity index (χ2n) is 3.96. The molecule has 78 valence electrons. The van der Waals surface area contributed by atoms with Crippen molar-refractivity contribution in [2.24, 2.45) is 0 Å². The standard InChI is InChI=1S/C14H9ClO/c15-11-5-6-13-10(8-11)7-9-3-1-2-4-12(9)14(13)16/h1-6,8H,7H2. The van der Waals surface area contributed by atoms with Crippen LogP contribution in [0.15, 0.2) is 42.5 Å². The molecule has 0 unspecified atom stereocenters. The molecule has 3 rings (SSSR count). The summed E-state index contributed by atoms with van der Waals surface area (Å²) in [6.07, 6.45) is 0.789. The fourth-order valence-corrected chi connectivity index (χ4v) is 2.37. The van der Waals surface area contributed by atoms with Crippen LogP contribution in [-0.2, 0) is 6.42 Å². The minimum Gasteiger partial charge on any atom is -0.289 e. The predicted molar refractivity (Wildman–Crippen MR) is 64.1 cm³/mol. The molecule has 1 aliphatic rings. The molecule has 0 N–H and O–H groups in total. The lowest BCUT2D eigenvalue weighted by molar-refractivity contribution is 0.103. The molecular weight excluding hydrogens is 220 g/mol. The van der Waals surface area contributed by atoms with Crippen molar-refractivity contribution in [2.75, 3.05) is 0 Å². The Kier molecular flexibility index (Phi) is 2.08. The van der Waals surface area contributed by atoms with Crippen LogP contribution in [0.25, 0.3) is 0 Å². The first-order chi connectivity index (χ1) is 7.75. The average molecular weight is 229 g/mol. The minimum absolute atomic E-state index is 0.105. The molecular formula is C14H9ClO. The molecule has 0 saturated carbocycles. The van der Waals surface area contributed by atoms with E-state index in [1.54, 1.807) is 6.07 Å². The maximum absolute atomic E-state index is 12.2. The molecule has 2 heteroatoms. The fourth-order valence-electron chi connectivity index (χ4n) is 2.18. The SMILES string of the molecule is O=C1c2ccccc2Cc2cc(Cl)ccc21. The Morgan fingerprint density at radius 1 is 0.938 bits per heavy atom. The van der Waals surface area contributed by atoms with Crippen molar-refractivity contribution in [1.29, 1.82) is 0 Å². The highest BCUT2D eigenvalue weighted by molar-refractivity contribution is 6.31. The van der Waals surface area contributed by atoms with Crippen molar-refractivity contribution in [1.82, 2.24) is 0 Å². The van der Waals surface area contributed by atoms with Gasteiger partial charge >= 0.3 is 0 Å². The number of halogens is 1. The van der Waals surface area contributed by atoms with Gasteiger partial charge in [-0.25, -0.2) is 0 Å². The average Bonchev–Trinajstić information content (AvgIpc) is 2.29. The summed E-state index contributed by atoms with van der Waals surface area (Å²) in [6, 6.07) is 13.2. The third-order valence-electron chi connectivity index (χ3n) is 2.95. The summed E-state index contributed by atoms with van der Waals surface area (Å²) in [4.78, 5) is 12.2. The zero-order chi connectivity index (χ0) is 11.1. The van der Waals surface area contributed by atoms with Crippen LogP contribution in [0, 0.1) is 0 Å². The maximum atomic E-state index is 12.2. The Bertz CT molecular complexity index is 587. The molecule has 0 radical (unpaired) electrons. The molecule has 0 bridgehead atoms. The van der Waals surface area contributed by atoms with Gasteiger partial charge < -0.3 is 0 Å². The highest BCUT2D eigenvalue weighted by atomic mass is 35.5. The number of fused-ring (bicyclic) bond motifs is 2. The van der Waals surface area contributed by atoms with E-state index in [9.17, 15) is 4.79 Å². The van der Waals surface area contributed by atoms with Crippen molar-refractivity contribution in [3.05, 3.63) is 69.7 Å². The topological polar surface area (TPSA) is 17.1 Å². The second kappa shape index (κ2) is 3.46. The van der Waals surface area contributed by atoms with Gasteiger partial charge in [0.15, 0.2) is 5.78 Å². The number of hydrogen-bond acceptors (Lipinski definition) is 1. The Balaban J connectivity index is 2.22. The molecule has 2 aromatic rings. The summed E-state index contributed by atoms with van der Waals surface area (Å²) in [7, 11) is 0.